The van der Waals surface area contributed by atoms with E-state index in [1.165, 1.54) is 0 Å². The molecule has 1 aromatic rings. The molecule has 0 saturated carbocycles. The van der Waals surface area contributed by atoms with Crippen molar-refractivity contribution in [3.63, 3.8) is 0 Å². The second-order valence-electron chi connectivity index (χ2n) is 3.11. The molecule has 0 saturated heterocycles. The van der Waals surface area contributed by atoms with Crippen LogP contribution >= 0.6 is 11.6 Å². The number of nitriles is 1. The van der Waals surface area contributed by atoms with Gasteiger partial charge in [0.05, 0.1) is 11.1 Å². The fraction of sp³-hybridized carbons (Fsp3) is 0.250. The van der Waals surface area contributed by atoms with Gasteiger partial charge in [-0.1, -0.05) is 11.8 Å². The lowest BCUT2D eigenvalue weighted by atomic mass is 10.0. The fourth-order valence-corrected chi connectivity index (χ4v) is 1.22. The van der Waals surface area contributed by atoms with Crippen molar-refractivity contribution in [1.82, 2.24) is 0 Å². The number of halogens is 4. The van der Waals surface area contributed by atoms with Gasteiger partial charge in [-0.3, -0.25) is 0 Å². The van der Waals surface area contributed by atoms with Crippen LogP contribution < -0.4 is 0 Å². The van der Waals surface area contributed by atoms with E-state index in [1.54, 1.807) is 6.07 Å². The number of benzene rings is 1. The van der Waals surface area contributed by atoms with Gasteiger partial charge in [-0.05, 0) is 18.2 Å². The minimum absolute atomic E-state index is 0.0763. The summed E-state index contributed by atoms with van der Waals surface area (Å²) in [5, 5.41) is 8.74. The highest BCUT2D eigenvalue weighted by Crippen LogP contribution is 2.30. The molecule has 0 fully saturated rings. The number of rotatable bonds is 1. The van der Waals surface area contributed by atoms with Gasteiger partial charge < -0.3 is 0 Å². The van der Waals surface area contributed by atoms with Crippen LogP contribution in [-0.2, 0) is 6.18 Å². The lowest BCUT2D eigenvalue weighted by Crippen LogP contribution is -2.05. The van der Waals surface area contributed by atoms with Crippen molar-refractivity contribution in [1.29, 1.82) is 5.26 Å². The Morgan fingerprint density at radius 2 is 1.94 bits per heavy atom. The predicted molar refractivity (Wildman–Crippen MR) is 58.4 cm³/mol. The van der Waals surface area contributed by atoms with E-state index in [0.717, 1.165) is 18.2 Å². The lowest BCUT2D eigenvalue weighted by molar-refractivity contribution is -0.137. The Labute approximate surface area is 102 Å². The van der Waals surface area contributed by atoms with E-state index in [0.29, 0.717) is 12.3 Å². The molecule has 1 rings (SSSR count). The highest BCUT2D eigenvalue weighted by Gasteiger charge is 2.30. The summed E-state index contributed by atoms with van der Waals surface area (Å²) in [6.45, 7) is 0. The molecule has 0 aromatic heterocycles. The molecule has 0 radical (unpaired) electrons. The van der Waals surface area contributed by atoms with E-state index >= 15 is 0 Å². The molecule has 0 aliphatic heterocycles. The van der Waals surface area contributed by atoms with Crippen LogP contribution in [0.2, 0.25) is 0 Å². The number of nitrogens with zero attached hydrogens (tertiary/aromatic N) is 1. The Morgan fingerprint density at radius 3 is 2.47 bits per heavy atom. The number of alkyl halides is 4. The maximum absolute atomic E-state index is 12.4. The van der Waals surface area contributed by atoms with Crippen LogP contribution in [0.15, 0.2) is 18.2 Å². The number of hydrogen-bond donors (Lipinski definition) is 0. The minimum atomic E-state index is -4.43. The standard InChI is InChI=1S/C12H7ClF3N/c13-6-2-1-3-9-7-11(12(14,15)16)5-4-10(9)8-17/h4-5,7H,2,6H2. The average molecular weight is 258 g/mol. The first-order valence-electron chi connectivity index (χ1n) is 4.65. The van der Waals surface area contributed by atoms with Crippen molar-refractivity contribution in [3.05, 3.63) is 34.9 Å². The van der Waals surface area contributed by atoms with Crippen LogP contribution in [0.4, 0.5) is 13.2 Å². The second kappa shape index (κ2) is 5.61. The quantitative estimate of drug-likeness (QED) is 0.557. The fourth-order valence-electron chi connectivity index (χ4n) is 1.13. The molecule has 5 heteroatoms. The van der Waals surface area contributed by atoms with Gasteiger partial charge in [0, 0.05) is 17.9 Å². The summed E-state index contributed by atoms with van der Waals surface area (Å²) < 4.78 is 37.3. The largest absolute Gasteiger partial charge is 0.416 e. The van der Waals surface area contributed by atoms with Gasteiger partial charge in [0.2, 0.25) is 0 Å². The van der Waals surface area contributed by atoms with Crippen LogP contribution in [0, 0.1) is 23.2 Å². The first-order valence-corrected chi connectivity index (χ1v) is 5.18. The molecule has 0 spiro atoms. The van der Waals surface area contributed by atoms with Gasteiger partial charge in [0.15, 0.2) is 0 Å². The molecule has 0 amide bonds. The van der Waals surface area contributed by atoms with Crippen LogP contribution in [0.3, 0.4) is 0 Å². The summed E-state index contributed by atoms with van der Waals surface area (Å²) in [6, 6.07) is 4.66. The highest BCUT2D eigenvalue weighted by molar-refractivity contribution is 6.18. The molecule has 0 aliphatic carbocycles. The SMILES string of the molecule is N#Cc1ccc(C(F)(F)F)cc1C#CCCCl. The van der Waals surface area contributed by atoms with Crippen molar-refractivity contribution >= 4 is 11.6 Å². The molecule has 0 unspecified atom stereocenters. The van der Waals surface area contributed by atoms with Crippen LogP contribution in [0.5, 0.6) is 0 Å². The first kappa shape index (κ1) is 13.4. The zero-order valence-corrected chi connectivity index (χ0v) is 9.36. The Balaban J connectivity index is 3.19. The second-order valence-corrected chi connectivity index (χ2v) is 3.49. The van der Waals surface area contributed by atoms with Gasteiger partial charge in [-0.2, -0.15) is 18.4 Å². The number of hydrogen-bond acceptors (Lipinski definition) is 1. The molecule has 0 aliphatic rings. The lowest BCUT2D eigenvalue weighted by Gasteiger charge is -2.07. The zero-order valence-electron chi connectivity index (χ0n) is 8.61. The average Bonchev–Trinajstić information content (AvgIpc) is 2.28. The summed E-state index contributed by atoms with van der Waals surface area (Å²) in [5.41, 5.74) is -0.612. The molecule has 0 N–H and O–H groups in total. The van der Waals surface area contributed by atoms with E-state index in [-0.39, 0.29) is 11.1 Å². The zero-order chi connectivity index (χ0) is 12.9. The summed E-state index contributed by atoms with van der Waals surface area (Å²) in [5.74, 6) is 5.42. The van der Waals surface area contributed by atoms with E-state index in [9.17, 15) is 13.2 Å². The van der Waals surface area contributed by atoms with E-state index in [1.807, 2.05) is 0 Å². The molecule has 17 heavy (non-hydrogen) atoms. The summed E-state index contributed by atoms with van der Waals surface area (Å²) in [7, 11) is 0. The summed E-state index contributed by atoms with van der Waals surface area (Å²) in [6.07, 6.45) is -4.07. The first-order chi connectivity index (χ1) is 7.99. The predicted octanol–water partition coefficient (Wildman–Crippen LogP) is 3.56. The molecule has 1 nitrogen and oxygen atoms in total. The van der Waals surface area contributed by atoms with E-state index < -0.39 is 11.7 Å². The molecule has 0 heterocycles. The summed E-state index contributed by atoms with van der Waals surface area (Å²) in [4.78, 5) is 0. The van der Waals surface area contributed by atoms with Crippen molar-refractivity contribution < 1.29 is 13.2 Å². The van der Waals surface area contributed by atoms with E-state index in [4.69, 9.17) is 16.9 Å². The topological polar surface area (TPSA) is 23.8 Å². The Bertz CT molecular complexity index is 503. The van der Waals surface area contributed by atoms with Gasteiger partial charge >= 0.3 is 6.18 Å². The Hall–Kier alpha value is -1.65. The van der Waals surface area contributed by atoms with Crippen molar-refractivity contribution in [2.24, 2.45) is 0 Å². The van der Waals surface area contributed by atoms with Gasteiger partial charge in [-0.25, -0.2) is 0 Å². The van der Waals surface area contributed by atoms with Gasteiger partial charge in [0.25, 0.3) is 0 Å². The van der Waals surface area contributed by atoms with Crippen LogP contribution in [0.1, 0.15) is 23.1 Å². The Kier molecular flexibility index (Phi) is 4.43. The molecule has 0 atom stereocenters. The van der Waals surface area contributed by atoms with Crippen molar-refractivity contribution in [3.8, 4) is 17.9 Å². The highest BCUT2D eigenvalue weighted by atomic mass is 35.5. The third-order valence-corrected chi connectivity index (χ3v) is 2.10. The minimum Gasteiger partial charge on any atom is -0.192 e. The smallest absolute Gasteiger partial charge is 0.192 e. The summed E-state index contributed by atoms with van der Waals surface area (Å²) >= 11 is 5.40. The third-order valence-electron chi connectivity index (χ3n) is 1.91. The van der Waals surface area contributed by atoms with Gasteiger partial charge in [-0.15, -0.1) is 11.6 Å². The van der Waals surface area contributed by atoms with Crippen LogP contribution in [-0.4, -0.2) is 5.88 Å². The molecule has 0 bridgehead atoms. The van der Waals surface area contributed by atoms with Crippen LogP contribution in [0.25, 0.3) is 0 Å². The monoisotopic (exact) mass is 257 g/mol. The van der Waals surface area contributed by atoms with Crippen molar-refractivity contribution in [2.45, 2.75) is 12.6 Å². The molecular weight excluding hydrogens is 251 g/mol. The van der Waals surface area contributed by atoms with E-state index in [2.05, 4.69) is 11.8 Å². The van der Waals surface area contributed by atoms with Gasteiger partial charge in [0.1, 0.15) is 6.07 Å². The Morgan fingerprint density at radius 1 is 1.24 bits per heavy atom. The molecular formula is C12H7ClF3N. The maximum atomic E-state index is 12.4. The maximum Gasteiger partial charge on any atom is 0.416 e. The third kappa shape index (κ3) is 3.69. The normalized spacial score (nSPS) is 10.3. The molecule has 88 valence electrons. The van der Waals surface area contributed by atoms with Crippen molar-refractivity contribution in [2.75, 3.05) is 5.88 Å². The molecule has 1 aromatic carbocycles.